The maximum absolute atomic E-state index is 14.2. The maximum Gasteiger partial charge on any atom is 0.125 e. The Hall–Kier alpha value is -3.91. The molecule has 0 atom stereocenters. The molecule has 0 saturated carbocycles. The first-order chi connectivity index (χ1) is 14.8. The molecule has 5 rings (SSSR count). The highest BCUT2D eigenvalue weighted by atomic mass is 19.1. The number of rotatable bonds is 4. The summed E-state index contributed by atoms with van der Waals surface area (Å²) >= 11 is 0. The summed E-state index contributed by atoms with van der Waals surface area (Å²) in [5.41, 5.74) is 5.00. The fourth-order valence-electron chi connectivity index (χ4n) is 3.88. The second-order valence-corrected chi connectivity index (χ2v) is 7.23. The van der Waals surface area contributed by atoms with E-state index in [9.17, 15) is 4.39 Å². The van der Waals surface area contributed by atoms with Crippen LogP contribution in [0.1, 0.15) is 0 Å². The lowest BCUT2D eigenvalue weighted by atomic mass is 9.97. The highest BCUT2D eigenvalue weighted by molar-refractivity contribution is 5.98. The number of hydrogen-bond acceptors (Lipinski definition) is 1. The van der Waals surface area contributed by atoms with Crippen molar-refractivity contribution in [3.63, 3.8) is 0 Å². The average Bonchev–Trinajstić information content (AvgIpc) is 2.80. The van der Waals surface area contributed by atoms with E-state index in [1.807, 2.05) is 48.5 Å². The second-order valence-electron chi connectivity index (χ2n) is 7.23. The van der Waals surface area contributed by atoms with Crippen LogP contribution in [0.3, 0.4) is 0 Å². The lowest BCUT2D eigenvalue weighted by Gasteiger charge is -2.28. The summed E-state index contributed by atoms with van der Waals surface area (Å²) in [5, 5.41) is 2.32. The van der Waals surface area contributed by atoms with Crippen LogP contribution in [-0.4, -0.2) is 0 Å². The monoisotopic (exact) mass is 389 g/mol. The van der Waals surface area contributed by atoms with E-state index in [4.69, 9.17) is 0 Å². The Kier molecular flexibility index (Phi) is 4.74. The maximum atomic E-state index is 14.2. The summed E-state index contributed by atoms with van der Waals surface area (Å²) in [6.07, 6.45) is 0. The van der Waals surface area contributed by atoms with Crippen LogP contribution in [0.15, 0.2) is 121 Å². The van der Waals surface area contributed by atoms with E-state index >= 15 is 0 Å². The van der Waals surface area contributed by atoms with E-state index in [2.05, 4.69) is 59.5 Å². The molecule has 0 fully saturated rings. The smallest absolute Gasteiger partial charge is 0.125 e. The zero-order valence-electron chi connectivity index (χ0n) is 16.4. The van der Waals surface area contributed by atoms with Crippen molar-refractivity contribution in [2.24, 2.45) is 0 Å². The molecule has 0 spiro atoms. The molecule has 0 aliphatic rings. The zero-order chi connectivity index (χ0) is 20.3. The molecule has 0 N–H and O–H groups in total. The Morgan fingerprint density at radius 3 is 1.80 bits per heavy atom. The highest BCUT2D eigenvalue weighted by Crippen LogP contribution is 2.42. The van der Waals surface area contributed by atoms with E-state index < -0.39 is 0 Å². The van der Waals surface area contributed by atoms with Crippen molar-refractivity contribution in [1.82, 2.24) is 0 Å². The molecule has 5 aromatic rings. The van der Waals surface area contributed by atoms with Gasteiger partial charge < -0.3 is 4.90 Å². The lowest BCUT2D eigenvalue weighted by molar-refractivity contribution is 0.628. The summed E-state index contributed by atoms with van der Waals surface area (Å²) in [6.45, 7) is 0. The molecule has 30 heavy (non-hydrogen) atoms. The average molecular weight is 389 g/mol. The molecule has 0 amide bonds. The second kappa shape index (κ2) is 7.84. The third kappa shape index (κ3) is 3.44. The van der Waals surface area contributed by atoms with Gasteiger partial charge in [0.1, 0.15) is 5.82 Å². The van der Waals surface area contributed by atoms with Gasteiger partial charge in [0.15, 0.2) is 0 Å². The number of benzene rings is 5. The predicted octanol–water partition coefficient (Wildman–Crippen LogP) is 8.12. The first-order valence-corrected chi connectivity index (χ1v) is 9.98. The molecule has 0 aliphatic carbocycles. The van der Waals surface area contributed by atoms with Crippen LogP contribution in [0.5, 0.6) is 0 Å². The molecule has 0 aromatic heterocycles. The van der Waals surface area contributed by atoms with Crippen molar-refractivity contribution in [2.75, 3.05) is 4.90 Å². The summed E-state index contributed by atoms with van der Waals surface area (Å²) in [7, 11) is 0. The van der Waals surface area contributed by atoms with E-state index in [0.717, 1.165) is 33.6 Å². The van der Waals surface area contributed by atoms with Crippen molar-refractivity contribution in [2.45, 2.75) is 0 Å². The fraction of sp³-hybridized carbons (Fsp3) is 0. The number of nitrogens with zero attached hydrogens (tertiary/aromatic N) is 1. The quantitative estimate of drug-likeness (QED) is 0.300. The van der Waals surface area contributed by atoms with Crippen LogP contribution < -0.4 is 4.90 Å². The fourth-order valence-corrected chi connectivity index (χ4v) is 3.88. The molecule has 0 aliphatic heterocycles. The first kappa shape index (κ1) is 18.1. The SMILES string of the molecule is Fc1cccc(N(c2ccccc2)c2cc3ccccc3cc2-c2ccccc2)c1. The standard InChI is InChI=1S/C28H20FN/c29-24-14-9-17-26(20-24)30(25-15-5-2-6-16-25)28-19-23-13-8-7-12-22(23)18-27(28)21-10-3-1-4-11-21/h1-20H. The van der Waals surface area contributed by atoms with Crippen molar-refractivity contribution in [1.29, 1.82) is 0 Å². The molecule has 0 unspecified atom stereocenters. The number of hydrogen-bond donors (Lipinski definition) is 0. The Morgan fingerprint density at radius 1 is 0.500 bits per heavy atom. The van der Waals surface area contributed by atoms with Gasteiger partial charge in [-0.25, -0.2) is 4.39 Å². The van der Waals surface area contributed by atoms with Gasteiger partial charge in [0.2, 0.25) is 0 Å². The van der Waals surface area contributed by atoms with Gasteiger partial charge >= 0.3 is 0 Å². The van der Waals surface area contributed by atoms with E-state index in [1.54, 1.807) is 12.1 Å². The van der Waals surface area contributed by atoms with Crippen LogP contribution in [0.25, 0.3) is 21.9 Å². The number of para-hydroxylation sites is 1. The molecular formula is C28H20FN. The van der Waals surface area contributed by atoms with Crippen molar-refractivity contribution < 1.29 is 4.39 Å². The molecule has 1 nitrogen and oxygen atoms in total. The van der Waals surface area contributed by atoms with Gasteiger partial charge in [-0.15, -0.1) is 0 Å². The Balaban J connectivity index is 1.83. The van der Waals surface area contributed by atoms with Gasteiger partial charge in [0, 0.05) is 16.9 Å². The third-order valence-corrected chi connectivity index (χ3v) is 5.27. The van der Waals surface area contributed by atoms with Crippen LogP contribution in [-0.2, 0) is 0 Å². The van der Waals surface area contributed by atoms with E-state index in [-0.39, 0.29) is 5.82 Å². The van der Waals surface area contributed by atoms with Gasteiger partial charge in [0.05, 0.1) is 5.69 Å². The topological polar surface area (TPSA) is 3.24 Å². The number of anilines is 3. The van der Waals surface area contributed by atoms with Crippen molar-refractivity contribution in [3.8, 4) is 11.1 Å². The minimum Gasteiger partial charge on any atom is -0.310 e. The van der Waals surface area contributed by atoms with Crippen molar-refractivity contribution >= 4 is 27.8 Å². The van der Waals surface area contributed by atoms with Crippen molar-refractivity contribution in [3.05, 3.63) is 127 Å². The summed E-state index contributed by atoms with van der Waals surface area (Å²) in [5.74, 6) is -0.254. The molecule has 0 radical (unpaired) electrons. The largest absolute Gasteiger partial charge is 0.310 e. The zero-order valence-corrected chi connectivity index (χ0v) is 16.4. The third-order valence-electron chi connectivity index (χ3n) is 5.27. The van der Waals surface area contributed by atoms with Crippen LogP contribution in [0.4, 0.5) is 21.5 Å². The van der Waals surface area contributed by atoms with Gasteiger partial charge in [-0.2, -0.15) is 0 Å². The van der Waals surface area contributed by atoms with E-state index in [0.29, 0.717) is 0 Å². The molecule has 0 saturated heterocycles. The molecule has 0 bridgehead atoms. The molecule has 5 aromatic carbocycles. The van der Waals surface area contributed by atoms with E-state index in [1.165, 1.54) is 11.5 Å². The van der Waals surface area contributed by atoms with Gasteiger partial charge in [-0.1, -0.05) is 78.9 Å². The molecule has 0 heterocycles. The normalized spacial score (nSPS) is 10.8. The van der Waals surface area contributed by atoms with Crippen LogP contribution >= 0.6 is 0 Å². The Labute approximate surface area is 175 Å². The van der Waals surface area contributed by atoms with Crippen LogP contribution in [0.2, 0.25) is 0 Å². The Bertz CT molecular complexity index is 1300. The highest BCUT2D eigenvalue weighted by Gasteiger charge is 2.18. The van der Waals surface area contributed by atoms with Crippen LogP contribution in [0, 0.1) is 5.82 Å². The number of halogens is 1. The Morgan fingerprint density at radius 2 is 1.10 bits per heavy atom. The minimum absolute atomic E-state index is 0.254. The van der Waals surface area contributed by atoms with Gasteiger partial charge in [-0.05, 0) is 58.8 Å². The minimum atomic E-state index is -0.254. The lowest BCUT2D eigenvalue weighted by Crippen LogP contribution is -2.11. The van der Waals surface area contributed by atoms with Gasteiger partial charge in [0.25, 0.3) is 0 Å². The summed E-state index contributed by atoms with van der Waals surface area (Å²) < 4.78 is 14.2. The molecule has 2 heteroatoms. The van der Waals surface area contributed by atoms with Gasteiger partial charge in [-0.3, -0.25) is 0 Å². The molecular weight excluding hydrogens is 369 g/mol. The molecule has 144 valence electrons. The summed E-state index contributed by atoms with van der Waals surface area (Å²) in [4.78, 5) is 2.12. The predicted molar refractivity (Wildman–Crippen MR) is 124 cm³/mol. The summed E-state index contributed by atoms with van der Waals surface area (Å²) in [6, 6.07) is 39.9. The number of fused-ring (bicyclic) bond motifs is 1. The first-order valence-electron chi connectivity index (χ1n) is 9.98.